The van der Waals surface area contributed by atoms with Gasteiger partial charge in [-0.15, -0.1) is 12.4 Å². The molecule has 7 heteroatoms. The van der Waals surface area contributed by atoms with Gasteiger partial charge in [0, 0.05) is 6.54 Å². The highest BCUT2D eigenvalue weighted by Gasteiger charge is 2.16. The van der Waals surface area contributed by atoms with Crippen molar-refractivity contribution in [1.82, 2.24) is 5.32 Å². The Kier molecular flexibility index (Phi) is 8.93. The van der Waals surface area contributed by atoms with E-state index in [1.165, 1.54) is 0 Å². The van der Waals surface area contributed by atoms with E-state index in [1.54, 1.807) is 25.1 Å². The predicted octanol–water partition coefficient (Wildman–Crippen LogP) is 2.65. The summed E-state index contributed by atoms with van der Waals surface area (Å²) < 4.78 is 5.46. The second-order valence-electron chi connectivity index (χ2n) is 3.75. The molecule has 3 N–H and O–H groups in total. The molecule has 0 aliphatic rings. The quantitative estimate of drug-likeness (QED) is 0.790. The van der Waals surface area contributed by atoms with Crippen LogP contribution in [-0.2, 0) is 4.79 Å². The lowest BCUT2D eigenvalue weighted by atomic mass is 10.3. The molecular formula is C12H17Cl3N2O2. The third-order valence-electron chi connectivity index (χ3n) is 2.27. The highest BCUT2D eigenvalue weighted by Crippen LogP contribution is 2.31. The second-order valence-corrected chi connectivity index (χ2v) is 4.53. The molecule has 19 heavy (non-hydrogen) atoms. The van der Waals surface area contributed by atoms with Crippen LogP contribution in [0.15, 0.2) is 18.2 Å². The Bertz CT molecular complexity index is 416. The van der Waals surface area contributed by atoms with E-state index in [1.807, 2.05) is 0 Å². The van der Waals surface area contributed by atoms with Crippen molar-refractivity contribution in [2.45, 2.75) is 19.4 Å². The van der Waals surface area contributed by atoms with Crippen LogP contribution in [0.5, 0.6) is 5.75 Å². The molecule has 1 aromatic carbocycles. The van der Waals surface area contributed by atoms with E-state index < -0.39 is 6.10 Å². The van der Waals surface area contributed by atoms with Gasteiger partial charge in [-0.25, -0.2) is 0 Å². The lowest BCUT2D eigenvalue weighted by Crippen LogP contribution is -2.37. The molecule has 0 heterocycles. The van der Waals surface area contributed by atoms with Gasteiger partial charge in [0.15, 0.2) is 6.10 Å². The molecule has 108 valence electrons. The summed E-state index contributed by atoms with van der Waals surface area (Å²) in [5.41, 5.74) is 5.34. The third kappa shape index (κ3) is 5.87. The van der Waals surface area contributed by atoms with Gasteiger partial charge in [-0.3, -0.25) is 4.79 Å². The molecule has 0 spiro atoms. The van der Waals surface area contributed by atoms with Crippen molar-refractivity contribution < 1.29 is 9.53 Å². The maximum absolute atomic E-state index is 11.7. The Morgan fingerprint density at radius 1 is 1.47 bits per heavy atom. The van der Waals surface area contributed by atoms with Gasteiger partial charge in [0.2, 0.25) is 0 Å². The van der Waals surface area contributed by atoms with Gasteiger partial charge in [-0.2, -0.15) is 0 Å². The fourth-order valence-electron chi connectivity index (χ4n) is 1.28. The largest absolute Gasteiger partial charge is 0.479 e. The fraction of sp³-hybridized carbons (Fsp3) is 0.417. The zero-order chi connectivity index (χ0) is 13.5. The number of carbonyl (C=O) groups is 1. The number of halogens is 3. The van der Waals surface area contributed by atoms with Crippen LogP contribution in [0.25, 0.3) is 0 Å². The molecule has 0 saturated heterocycles. The van der Waals surface area contributed by atoms with Crippen LogP contribution in [0.4, 0.5) is 0 Å². The van der Waals surface area contributed by atoms with Crippen molar-refractivity contribution in [1.29, 1.82) is 0 Å². The third-order valence-corrected chi connectivity index (χ3v) is 3.07. The summed E-state index contributed by atoms with van der Waals surface area (Å²) in [6.07, 6.45) is 0.0925. The molecular weight excluding hydrogens is 311 g/mol. The van der Waals surface area contributed by atoms with Gasteiger partial charge in [-0.05, 0) is 32.0 Å². The van der Waals surface area contributed by atoms with Crippen LogP contribution in [0.3, 0.4) is 0 Å². The van der Waals surface area contributed by atoms with E-state index in [2.05, 4.69) is 5.32 Å². The Morgan fingerprint density at radius 2 is 2.16 bits per heavy atom. The summed E-state index contributed by atoms with van der Waals surface area (Å²) in [6, 6.07) is 5.03. The zero-order valence-corrected chi connectivity index (χ0v) is 12.8. The topological polar surface area (TPSA) is 64.3 Å². The van der Waals surface area contributed by atoms with Crippen LogP contribution in [0.1, 0.15) is 13.3 Å². The number of nitrogens with two attached hydrogens (primary N) is 1. The van der Waals surface area contributed by atoms with Crippen molar-refractivity contribution in [3.8, 4) is 5.75 Å². The maximum Gasteiger partial charge on any atom is 0.260 e. The normalized spacial score (nSPS) is 11.4. The van der Waals surface area contributed by atoms with E-state index in [0.717, 1.165) is 6.42 Å². The number of hydrogen-bond donors (Lipinski definition) is 2. The summed E-state index contributed by atoms with van der Waals surface area (Å²) in [6.45, 7) is 2.72. The number of amides is 1. The average Bonchev–Trinajstić information content (AvgIpc) is 2.35. The zero-order valence-electron chi connectivity index (χ0n) is 10.5. The van der Waals surface area contributed by atoms with Gasteiger partial charge >= 0.3 is 0 Å². The Morgan fingerprint density at radius 3 is 2.79 bits per heavy atom. The van der Waals surface area contributed by atoms with Crippen molar-refractivity contribution in [2.75, 3.05) is 13.1 Å². The molecule has 0 radical (unpaired) electrons. The lowest BCUT2D eigenvalue weighted by Gasteiger charge is -2.15. The molecule has 1 unspecified atom stereocenters. The van der Waals surface area contributed by atoms with Crippen molar-refractivity contribution >= 4 is 41.5 Å². The van der Waals surface area contributed by atoms with E-state index in [-0.39, 0.29) is 18.3 Å². The molecule has 1 atom stereocenters. The number of nitrogens with one attached hydrogen (secondary N) is 1. The molecule has 0 aliphatic heterocycles. The minimum Gasteiger partial charge on any atom is -0.479 e. The smallest absolute Gasteiger partial charge is 0.260 e. The van der Waals surface area contributed by atoms with Crippen molar-refractivity contribution in [3.05, 3.63) is 28.2 Å². The summed E-state index contributed by atoms with van der Waals surface area (Å²) in [5, 5.41) is 3.42. The monoisotopic (exact) mass is 326 g/mol. The minimum atomic E-state index is -0.640. The lowest BCUT2D eigenvalue weighted by molar-refractivity contribution is -0.127. The first-order chi connectivity index (χ1) is 8.56. The summed E-state index contributed by atoms with van der Waals surface area (Å²) >= 11 is 11.8. The van der Waals surface area contributed by atoms with Gasteiger partial charge in [0.05, 0.1) is 5.02 Å². The van der Waals surface area contributed by atoms with Gasteiger partial charge in [0.25, 0.3) is 5.91 Å². The second kappa shape index (κ2) is 9.26. The Balaban J connectivity index is 0.00000324. The summed E-state index contributed by atoms with van der Waals surface area (Å²) in [5.74, 6) is 0.185. The highest BCUT2D eigenvalue weighted by molar-refractivity contribution is 6.42. The minimum absolute atomic E-state index is 0. The molecule has 1 aromatic rings. The van der Waals surface area contributed by atoms with E-state index in [0.29, 0.717) is 28.9 Å². The maximum atomic E-state index is 11.7. The van der Waals surface area contributed by atoms with Crippen LogP contribution >= 0.6 is 35.6 Å². The fourth-order valence-corrected chi connectivity index (χ4v) is 1.61. The molecule has 0 aliphatic carbocycles. The van der Waals surface area contributed by atoms with Crippen LogP contribution in [-0.4, -0.2) is 25.1 Å². The highest BCUT2D eigenvalue weighted by atomic mass is 35.5. The van der Waals surface area contributed by atoms with E-state index >= 15 is 0 Å². The number of hydrogen-bond acceptors (Lipinski definition) is 3. The van der Waals surface area contributed by atoms with Crippen molar-refractivity contribution in [3.63, 3.8) is 0 Å². The molecule has 1 amide bonds. The van der Waals surface area contributed by atoms with Gasteiger partial charge in [0.1, 0.15) is 10.8 Å². The Labute approximate surface area is 129 Å². The van der Waals surface area contributed by atoms with Crippen molar-refractivity contribution in [2.24, 2.45) is 5.73 Å². The Hall–Kier alpha value is -0.680. The number of rotatable bonds is 6. The van der Waals surface area contributed by atoms with E-state index in [4.69, 9.17) is 33.7 Å². The summed E-state index contributed by atoms with van der Waals surface area (Å²) in [7, 11) is 0. The molecule has 0 aromatic heterocycles. The van der Waals surface area contributed by atoms with Crippen LogP contribution < -0.4 is 15.8 Å². The van der Waals surface area contributed by atoms with Gasteiger partial charge < -0.3 is 15.8 Å². The molecule has 0 fully saturated rings. The average molecular weight is 328 g/mol. The first-order valence-electron chi connectivity index (χ1n) is 5.64. The standard InChI is InChI=1S/C12H16Cl2N2O2.ClH/c1-8(12(17)16-7-3-6-15)18-10-5-2-4-9(13)11(10)14;/h2,4-5,8H,3,6-7,15H2,1H3,(H,16,17);1H. The van der Waals surface area contributed by atoms with Gasteiger partial charge in [-0.1, -0.05) is 29.3 Å². The number of benzene rings is 1. The first-order valence-corrected chi connectivity index (χ1v) is 6.40. The SMILES string of the molecule is CC(Oc1cccc(Cl)c1Cl)C(=O)NCCCN.Cl. The van der Waals surface area contributed by atoms with E-state index in [9.17, 15) is 4.79 Å². The van der Waals surface area contributed by atoms with Crippen LogP contribution in [0, 0.1) is 0 Å². The number of carbonyl (C=O) groups excluding carboxylic acids is 1. The predicted molar refractivity (Wildman–Crippen MR) is 80.5 cm³/mol. The summed E-state index contributed by atoms with van der Waals surface area (Å²) in [4.78, 5) is 11.7. The molecule has 1 rings (SSSR count). The van der Waals surface area contributed by atoms with Crippen LogP contribution in [0.2, 0.25) is 10.0 Å². The first kappa shape index (κ1) is 18.3. The molecule has 4 nitrogen and oxygen atoms in total. The molecule has 0 bridgehead atoms. The number of ether oxygens (including phenoxy) is 1. The molecule has 0 saturated carbocycles.